The fraction of sp³-hybridized carbons (Fsp3) is 0.600. The van der Waals surface area contributed by atoms with E-state index in [9.17, 15) is 4.79 Å². The number of ether oxygens (including phenoxy) is 1. The van der Waals surface area contributed by atoms with Gasteiger partial charge in [0.25, 0.3) is 0 Å². The first-order valence-electron chi connectivity index (χ1n) is 6.97. The topological polar surface area (TPSA) is 45.3 Å². The number of hydrogen-bond acceptors (Lipinski definition) is 3. The molecule has 0 aliphatic carbocycles. The van der Waals surface area contributed by atoms with Crippen LogP contribution >= 0.6 is 12.2 Å². The van der Waals surface area contributed by atoms with Gasteiger partial charge >= 0.3 is 6.09 Å². The van der Waals surface area contributed by atoms with Crippen LogP contribution in [0.3, 0.4) is 0 Å². The van der Waals surface area contributed by atoms with Gasteiger partial charge in [0.2, 0.25) is 0 Å². The summed E-state index contributed by atoms with van der Waals surface area (Å²) in [7, 11) is 0. The van der Waals surface area contributed by atoms with Crippen molar-refractivity contribution in [3.05, 3.63) is 28.0 Å². The Kier molecular flexibility index (Phi) is 4.18. The Balaban J connectivity index is 2.23. The highest BCUT2D eigenvalue weighted by Crippen LogP contribution is 2.34. The Morgan fingerprint density at radius 3 is 2.80 bits per heavy atom. The van der Waals surface area contributed by atoms with Crippen LogP contribution in [0.4, 0.5) is 4.79 Å². The van der Waals surface area contributed by atoms with Gasteiger partial charge < -0.3 is 14.6 Å². The molecule has 4 nitrogen and oxygen atoms in total. The zero-order valence-corrected chi connectivity index (χ0v) is 13.3. The number of aromatic nitrogens is 1. The quantitative estimate of drug-likeness (QED) is 0.792. The van der Waals surface area contributed by atoms with Gasteiger partial charge in [-0.2, -0.15) is 0 Å². The lowest BCUT2D eigenvalue weighted by atomic mass is 10.0. The Morgan fingerprint density at radius 1 is 1.50 bits per heavy atom. The molecule has 110 valence electrons. The van der Waals surface area contributed by atoms with Gasteiger partial charge in [-0.15, -0.1) is 0 Å². The van der Waals surface area contributed by atoms with E-state index in [4.69, 9.17) is 17.0 Å². The van der Waals surface area contributed by atoms with E-state index in [-0.39, 0.29) is 12.1 Å². The number of carbonyl (C=O) groups excluding carboxylic acids is 1. The lowest BCUT2D eigenvalue weighted by Gasteiger charge is -2.29. The number of pyridine rings is 1. The maximum atomic E-state index is 12.3. The average Bonchev–Trinajstić information content (AvgIpc) is 2.75. The zero-order valence-electron chi connectivity index (χ0n) is 12.5. The highest BCUT2D eigenvalue weighted by atomic mass is 32.1. The molecular weight excluding hydrogens is 272 g/mol. The minimum Gasteiger partial charge on any atom is -0.444 e. The fourth-order valence-electron chi connectivity index (χ4n) is 2.57. The largest absolute Gasteiger partial charge is 0.444 e. The van der Waals surface area contributed by atoms with Crippen LogP contribution in [0.15, 0.2) is 12.3 Å². The molecule has 1 aliphatic heterocycles. The number of likely N-dealkylation sites (tertiary alicyclic amines) is 1. The Morgan fingerprint density at radius 2 is 2.20 bits per heavy atom. The normalized spacial score (nSPS) is 19.2. The molecule has 0 unspecified atom stereocenters. The molecule has 1 atom stereocenters. The van der Waals surface area contributed by atoms with Crippen LogP contribution < -0.4 is 0 Å². The Bertz CT molecular complexity index is 560. The second-order valence-electron chi connectivity index (χ2n) is 6.27. The van der Waals surface area contributed by atoms with Crippen LogP contribution in [0.2, 0.25) is 0 Å². The van der Waals surface area contributed by atoms with Gasteiger partial charge in [-0.25, -0.2) is 4.79 Å². The van der Waals surface area contributed by atoms with Crippen LogP contribution in [0.25, 0.3) is 0 Å². The monoisotopic (exact) mass is 294 g/mol. The number of carbonyl (C=O) groups is 1. The molecular formula is C15H22N2O2S. The molecule has 1 amide bonds. The van der Waals surface area contributed by atoms with Crippen molar-refractivity contribution >= 4 is 18.3 Å². The SMILES string of the molecule is Cc1cc(=S)[nH]cc1[C@H]1CCCN1C(=O)OC(C)(C)C. The Hall–Kier alpha value is -1.36. The first kappa shape index (κ1) is 15.0. The number of hydrogen-bond donors (Lipinski definition) is 1. The van der Waals surface area contributed by atoms with Crippen molar-refractivity contribution in [3.63, 3.8) is 0 Å². The number of amides is 1. The predicted molar refractivity (Wildman–Crippen MR) is 81.3 cm³/mol. The van der Waals surface area contributed by atoms with E-state index in [0.717, 1.165) is 30.5 Å². The molecule has 2 rings (SSSR count). The lowest BCUT2D eigenvalue weighted by molar-refractivity contribution is 0.0224. The summed E-state index contributed by atoms with van der Waals surface area (Å²) in [6.07, 6.45) is 3.65. The number of H-pyrrole nitrogens is 1. The molecule has 20 heavy (non-hydrogen) atoms. The Labute approximate surface area is 125 Å². The van der Waals surface area contributed by atoms with E-state index in [1.807, 2.05) is 44.9 Å². The van der Waals surface area contributed by atoms with Gasteiger partial charge in [0, 0.05) is 12.7 Å². The molecule has 1 saturated heterocycles. The van der Waals surface area contributed by atoms with Crippen molar-refractivity contribution in [2.75, 3.05) is 6.54 Å². The second kappa shape index (κ2) is 5.56. The molecule has 1 aliphatic rings. The summed E-state index contributed by atoms with van der Waals surface area (Å²) in [6, 6.07) is 2.02. The lowest BCUT2D eigenvalue weighted by Crippen LogP contribution is -2.36. The minimum absolute atomic E-state index is 0.0803. The first-order chi connectivity index (χ1) is 9.28. The summed E-state index contributed by atoms with van der Waals surface area (Å²) in [4.78, 5) is 17.2. The third-order valence-corrected chi connectivity index (χ3v) is 3.65. The van der Waals surface area contributed by atoms with Crippen LogP contribution in [-0.2, 0) is 4.74 Å². The van der Waals surface area contributed by atoms with Crippen LogP contribution in [0.5, 0.6) is 0 Å². The van der Waals surface area contributed by atoms with E-state index in [0.29, 0.717) is 4.64 Å². The highest BCUT2D eigenvalue weighted by Gasteiger charge is 2.33. The third-order valence-electron chi connectivity index (χ3n) is 3.41. The summed E-state index contributed by atoms with van der Waals surface area (Å²) in [5, 5.41) is 0. The fourth-order valence-corrected chi connectivity index (χ4v) is 2.81. The summed E-state index contributed by atoms with van der Waals surface area (Å²) >= 11 is 5.13. The van der Waals surface area contributed by atoms with Crippen molar-refractivity contribution in [1.29, 1.82) is 0 Å². The summed E-state index contributed by atoms with van der Waals surface area (Å²) in [5.41, 5.74) is 1.78. The molecule has 0 saturated carbocycles. The van der Waals surface area contributed by atoms with Crippen molar-refractivity contribution in [3.8, 4) is 0 Å². The number of rotatable bonds is 1. The minimum atomic E-state index is -0.462. The van der Waals surface area contributed by atoms with Crippen molar-refractivity contribution in [1.82, 2.24) is 9.88 Å². The van der Waals surface area contributed by atoms with Crippen LogP contribution in [-0.4, -0.2) is 28.1 Å². The molecule has 1 aromatic rings. The van der Waals surface area contributed by atoms with Gasteiger partial charge in [-0.1, -0.05) is 12.2 Å². The van der Waals surface area contributed by atoms with E-state index in [1.165, 1.54) is 0 Å². The molecule has 0 aromatic carbocycles. The molecule has 0 radical (unpaired) electrons. The van der Waals surface area contributed by atoms with E-state index in [1.54, 1.807) is 0 Å². The number of aromatic amines is 1. The number of nitrogens with one attached hydrogen (secondary N) is 1. The predicted octanol–water partition coefficient (Wildman–Crippen LogP) is 4.12. The first-order valence-corrected chi connectivity index (χ1v) is 7.37. The smallest absolute Gasteiger partial charge is 0.410 e. The van der Waals surface area contributed by atoms with Gasteiger partial charge in [-0.3, -0.25) is 0 Å². The van der Waals surface area contributed by atoms with Crippen molar-refractivity contribution < 1.29 is 9.53 Å². The molecule has 2 heterocycles. The third kappa shape index (κ3) is 3.39. The molecule has 5 heteroatoms. The molecule has 1 N–H and O–H groups in total. The summed E-state index contributed by atoms with van der Waals surface area (Å²) in [5.74, 6) is 0. The van der Waals surface area contributed by atoms with E-state index >= 15 is 0 Å². The second-order valence-corrected chi connectivity index (χ2v) is 6.71. The van der Waals surface area contributed by atoms with E-state index in [2.05, 4.69) is 4.98 Å². The molecule has 1 aromatic heterocycles. The summed E-state index contributed by atoms with van der Waals surface area (Å²) in [6.45, 7) is 8.45. The number of aryl methyl sites for hydroxylation is 1. The van der Waals surface area contributed by atoms with Gasteiger partial charge in [0.1, 0.15) is 10.2 Å². The molecule has 0 spiro atoms. The maximum Gasteiger partial charge on any atom is 0.410 e. The summed E-state index contributed by atoms with van der Waals surface area (Å²) < 4.78 is 6.21. The molecule has 0 bridgehead atoms. The number of nitrogens with zero attached hydrogens (tertiary/aromatic N) is 1. The van der Waals surface area contributed by atoms with Crippen molar-refractivity contribution in [2.24, 2.45) is 0 Å². The average molecular weight is 294 g/mol. The highest BCUT2D eigenvalue weighted by molar-refractivity contribution is 7.71. The van der Waals surface area contributed by atoms with Gasteiger partial charge in [0.15, 0.2) is 0 Å². The standard InChI is InChI=1S/C15H22N2O2S/c1-10-8-13(20)16-9-11(10)12-6-5-7-17(12)14(18)19-15(2,3)4/h8-9,12H,5-7H2,1-4H3,(H,16,20)/t12-/m1/s1. The van der Waals surface area contributed by atoms with Crippen molar-refractivity contribution in [2.45, 2.75) is 52.2 Å². The van der Waals surface area contributed by atoms with Crippen LogP contribution in [0.1, 0.15) is 50.8 Å². The van der Waals surface area contributed by atoms with E-state index < -0.39 is 5.60 Å². The molecule has 1 fully saturated rings. The zero-order chi connectivity index (χ0) is 14.9. The maximum absolute atomic E-state index is 12.3. The van der Waals surface area contributed by atoms with Gasteiger partial charge in [0.05, 0.1) is 6.04 Å². The van der Waals surface area contributed by atoms with Crippen LogP contribution in [0, 0.1) is 11.6 Å². The van der Waals surface area contributed by atoms with Gasteiger partial charge in [-0.05, 0) is 57.7 Å².